The van der Waals surface area contributed by atoms with Crippen LogP contribution in [0.1, 0.15) is 32.1 Å². The summed E-state index contributed by atoms with van der Waals surface area (Å²) in [6, 6.07) is 6.77. The number of rotatable bonds is 4. The number of benzene rings is 1. The van der Waals surface area contributed by atoms with Crippen LogP contribution in [0.15, 0.2) is 29.2 Å². The fraction of sp³-hybridized carbons (Fsp3) is 0.650. The van der Waals surface area contributed by atoms with Crippen molar-refractivity contribution in [2.75, 3.05) is 39.3 Å². The predicted octanol–water partition coefficient (Wildman–Crippen LogP) is 2.44. The minimum absolute atomic E-state index is 0.0611. The number of piperidine rings is 1. The lowest BCUT2D eigenvalue weighted by atomic mass is 9.96. The van der Waals surface area contributed by atoms with Crippen LogP contribution in [0.25, 0.3) is 0 Å². The van der Waals surface area contributed by atoms with Crippen molar-refractivity contribution in [3.63, 3.8) is 0 Å². The smallest absolute Gasteiger partial charge is 0.243 e. The summed E-state index contributed by atoms with van der Waals surface area (Å²) in [5, 5.41) is 0.515. The average Bonchev–Trinajstić information content (AvgIpc) is 3.39. The van der Waals surface area contributed by atoms with Crippen molar-refractivity contribution in [3.8, 4) is 0 Å². The summed E-state index contributed by atoms with van der Waals surface area (Å²) >= 11 is 5.86. The molecule has 0 spiro atoms. The molecule has 1 amide bonds. The van der Waals surface area contributed by atoms with E-state index in [2.05, 4.69) is 4.90 Å². The number of hydrogen-bond acceptors (Lipinski definition) is 4. The van der Waals surface area contributed by atoms with Crippen molar-refractivity contribution in [1.29, 1.82) is 0 Å². The first-order valence-electron chi connectivity index (χ1n) is 10.2. The Balaban J connectivity index is 1.32. The fourth-order valence-electron chi connectivity index (χ4n) is 4.70. The van der Waals surface area contributed by atoms with Crippen molar-refractivity contribution in [2.24, 2.45) is 5.92 Å². The minimum Gasteiger partial charge on any atom is -0.341 e. The molecule has 1 atom stereocenters. The van der Waals surface area contributed by atoms with Crippen LogP contribution in [0.5, 0.6) is 0 Å². The summed E-state index contributed by atoms with van der Waals surface area (Å²) in [6.45, 7) is 4.78. The molecule has 1 aromatic rings. The maximum atomic E-state index is 12.9. The molecule has 3 saturated heterocycles. The van der Waals surface area contributed by atoms with Gasteiger partial charge in [0.05, 0.1) is 4.90 Å². The van der Waals surface area contributed by atoms with Crippen LogP contribution in [0, 0.1) is 5.92 Å². The molecule has 0 saturated carbocycles. The first kappa shape index (κ1) is 20.1. The van der Waals surface area contributed by atoms with E-state index in [1.54, 1.807) is 12.1 Å². The highest BCUT2D eigenvalue weighted by Gasteiger charge is 2.37. The fourth-order valence-corrected chi connectivity index (χ4v) is 6.30. The van der Waals surface area contributed by atoms with Gasteiger partial charge in [-0.05, 0) is 69.5 Å². The van der Waals surface area contributed by atoms with Gasteiger partial charge in [-0.1, -0.05) is 11.6 Å². The molecular formula is C20H28ClN3O3S. The van der Waals surface area contributed by atoms with Gasteiger partial charge in [0.25, 0.3) is 0 Å². The zero-order chi connectivity index (χ0) is 19.7. The Morgan fingerprint density at radius 3 is 2.21 bits per heavy atom. The van der Waals surface area contributed by atoms with Crippen molar-refractivity contribution in [2.45, 2.75) is 43.0 Å². The van der Waals surface area contributed by atoms with Gasteiger partial charge in [-0.3, -0.25) is 9.69 Å². The number of nitrogens with zero attached hydrogens (tertiary/aromatic N) is 3. The quantitative estimate of drug-likeness (QED) is 0.743. The summed E-state index contributed by atoms with van der Waals surface area (Å²) in [5.74, 6) is 0.152. The Hall–Kier alpha value is -1.15. The monoisotopic (exact) mass is 425 g/mol. The maximum Gasteiger partial charge on any atom is 0.243 e. The second-order valence-corrected chi connectivity index (χ2v) is 10.5. The zero-order valence-corrected chi connectivity index (χ0v) is 17.7. The van der Waals surface area contributed by atoms with Gasteiger partial charge in [0, 0.05) is 43.2 Å². The highest BCUT2D eigenvalue weighted by molar-refractivity contribution is 7.89. The van der Waals surface area contributed by atoms with Crippen LogP contribution in [0.4, 0.5) is 0 Å². The molecule has 28 heavy (non-hydrogen) atoms. The molecule has 1 unspecified atom stereocenters. The molecule has 0 radical (unpaired) electrons. The van der Waals surface area contributed by atoms with Gasteiger partial charge < -0.3 is 4.90 Å². The Morgan fingerprint density at radius 2 is 1.57 bits per heavy atom. The summed E-state index contributed by atoms with van der Waals surface area (Å²) in [7, 11) is -3.52. The summed E-state index contributed by atoms with van der Waals surface area (Å²) < 4.78 is 27.1. The van der Waals surface area contributed by atoms with Gasteiger partial charge in [0.2, 0.25) is 15.9 Å². The summed E-state index contributed by atoms with van der Waals surface area (Å²) in [5.41, 5.74) is 0. The van der Waals surface area contributed by atoms with Crippen LogP contribution in [-0.4, -0.2) is 73.7 Å². The number of likely N-dealkylation sites (tertiary alicyclic amines) is 2. The van der Waals surface area contributed by atoms with Crippen molar-refractivity contribution < 1.29 is 13.2 Å². The molecule has 3 aliphatic rings. The van der Waals surface area contributed by atoms with Gasteiger partial charge in [-0.2, -0.15) is 4.31 Å². The average molecular weight is 426 g/mol. The van der Waals surface area contributed by atoms with Gasteiger partial charge in [0.1, 0.15) is 0 Å². The lowest BCUT2D eigenvalue weighted by Crippen LogP contribution is -2.44. The van der Waals surface area contributed by atoms with Crippen molar-refractivity contribution in [3.05, 3.63) is 29.3 Å². The molecule has 3 aliphatic heterocycles. The topological polar surface area (TPSA) is 60.9 Å². The van der Waals surface area contributed by atoms with E-state index in [1.807, 2.05) is 4.90 Å². The van der Waals surface area contributed by atoms with Gasteiger partial charge >= 0.3 is 0 Å². The van der Waals surface area contributed by atoms with Crippen LogP contribution >= 0.6 is 11.6 Å². The van der Waals surface area contributed by atoms with E-state index in [1.165, 1.54) is 29.3 Å². The SMILES string of the molecule is O=C(C1CCN(S(=O)(=O)c2ccc(Cl)cc2)CC1)N1CCC(N2CCCC2)C1. The second-order valence-electron chi connectivity index (χ2n) is 8.10. The molecule has 3 fully saturated rings. The normalized spacial score (nSPS) is 25.5. The van der Waals surface area contributed by atoms with E-state index in [0.29, 0.717) is 37.0 Å². The van der Waals surface area contributed by atoms with Crippen LogP contribution in [-0.2, 0) is 14.8 Å². The van der Waals surface area contributed by atoms with E-state index >= 15 is 0 Å². The second kappa shape index (κ2) is 8.30. The van der Waals surface area contributed by atoms with Crippen molar-refractivity contribution in [1.82, 2.24) is 14.1 Å². The van der Waals surface area contributed by atoms with E-state index in [0.717, 1.165) is 32.6 Å². The molecule has 8 heteroatoms. The zero-order valence-electron chi connectivity index (χ0n) is 16.1. The predicted molar refractivity (Wildman–Crippen MR) is 109 cm³/mol. The Labute approximate surface area is 172 Å². The number of hydrogen-bond donors (Lipinski definition) is 0. The third-order valence-electron chi connectivity index (χ3n) is 6.39. The first-order chi connectivity index (χ1) is 13.4. The summed E-state index contributed by atoms with van der Waals surface area (Å²) in [6.07, 6.45) is 4.79. The molecule has 0 N–H and O–H groups in total. The van der Waals surface area contributed by atoms with E-state index in [-0.39, 0.29) is 16.7 Å². The van der Waals surface area contributed by atoms with E-state index in [9.17, 15) is 13.2 Å². The minimum atomic E-state index is -3.52. The van der Waals surface area contributed by atoms with Gasteiger partial charge in [-0.15, -0.1) is 0 Å². The number of carbonyl (C=O) groups excluding carboxylic acids is 1. The Bertz CT molecular complexity index is 800. The number of carbonyl (C=O) groups is 1. The third kappa shape index (κ3) is 4.08. The number of halogens is 1. The number of sulfonamides is 1. The third-order valence-corrected chi connectivity index (χ3v) is 8.55. The molecule has 0 aliphatic carbocycles. The molecular weight excluding hydrogens is 398 g/mol. The van der Waals surface area contributed by atoms with Gasteiger partial charge in [-0.25, -0.2) is 8.42 Å². The van der Waals surface area contributed by atoms with Crippen molar-refractivity contribution >= 4 is 27.5 Å². The lowest BCUT2D eigenvalue weighted by molar-refractivity contribution is -0.135. The Morgan fingerprint density at radius 1 is 0.929 bits per heavy atom. The molecule has 1 aromatic carbocycles. The van der Waals surface area contributed by atoms with Crippen LogP contribution in [0.3, 0.4) is 0 Å². The lowest BCUT2D eigenvalue weighted by Gasteiger charge is -2.32. The van der Waals surface area contributed by atoms with Gasteiger partial charge in [0.15, 0.2) is 0 Å². The van der Waals surface area contributed by atoms with Crippen LogP contribution < -0.4 is 0 Å². The standard InChI is InChI=1S/C20H28ClN3O3S/c21-17-3-5-19(6-4-17)28(26,27)24-13-7-16(8-14-24)20(25)23-12-9-18(15-23)22-10-1-2-11-22/h3-6,16,18H,1-2,7-15H2. The largest absolute Gasteiger partial charge is 0.341 e. The van der Waals surface area contributed by atoms with E-state index < -0.39 is 10.0 Å². The molecule has 3 heterocycles. The maximum absolute atomic E-state index is 12.9. The molecule has 0 bridgehead atoms. The molecule has 4 rings (SSSR count). The van der Waals surface area contributed by atoms with Crippen LogP contribution in [0.2, 0.25) is 5.02 Å². The summed E-state index contributed by atoms with van der Waals surface area (Å²) in [4.78, 5) is 17.7. The first-order valence-corrected chi connectivity index (χ1v) is 12.1. The number of amides is 1. The molecule has 0 aromatic heterocycles. The van der Waals surface area contributed by atoms with E-state index in [4.69, 9.17) is 11.6 Å². The molecule has 6 nitrogen and oxygen atoms in total. The highest BCUT2D eigenvalue weighted by atomic mass is 35.5. The Kier molecular flexibility index (Phi) is 5.97. The molecule has 154 valence electrons. The highest BCUT2D eigenvalue weighted by Crippen LogP contribution is 2.28.